The molecule has 14 heavy (non-hydrogen) atoms. The summed E-state index contributed by atoms with van der Waals surface area (Å²) in [6, 6.07) is 0. The second-order valence-corrected chi connectivity index (χ2v) is 3.10. The van der Waals surface area contributed by atoms with Gasteiger partial charge in [-0.25, -0.2) is 4.79 Å². The summed E-state index contributed by atoms with van der Waals surface area (Å²) in [4.78, 5) is 35.1. The SMILES string of the molecule is CC(=O)N1CCN(C(=O)C(=O)O)CC1. The van der Waals surface area contributed by atoms with Crippen molar-refractivity contribution in [1.82, 2.24) is 9.80 Å². The van der Waals surface area contributed by atoms with Crippen molar-refractivity contribution in [2.75, 3.05) is 26.2 Å². The Morgan fingerprint density at radius 1 is 1.00 bits per heavy atom. The first kappa shape index (κ1) is 10.5. The van der Waals surface area contributed by atoms with Crippen molar-refractivity contribution >= 4 is 17.8 Å². The van der Waals surface area contributed by atoms with E-state index in [1.165, 1.54) is 11.8 Å². The van der Waals surface area contributed by atoms with Gasteiger partial charge in [0, 0.05) is 33.1 Å². The van der Waals surface area contributed by atoms with Gasteiger partial charge in [0.05, 0.1) is 0 Å². The maximum Gasteiger partial charge on any atom is 0.394 e. The average molecular weight is 200 g/mol. The van der Waals surface area contributed by atoms with Crippen LogP contribution in [0.1, 0.15) is 6.92 Å². The molecule has 1 aliphatic heterocycles. The number of piperazine rings is 1. The molecule has 1 fully saturated rings. The summed E-state index contributed by atoms with van der Waals surface area (Å²) in [5, 5.41) is 8.44. The van der Waals surface area contributed by atoms with Gasteiger partial charge in [0.15, 0.2) is 0 Å². The molecular formula is C8H12N2O4. The Morgan fingerprint density at radius 2 is 1.43 bits per heavy atom. The van der Waals surface area contributed by atoms with Gasteiger partial charge >= 0.3 is 11.9 Å². The van der Waals surface area contributed by atoms with Crippen LogP contribution in [-0.4, -0.2) is 58.9 Å². The number of nitrogens with zero attached hydrogens (tertiary/aromatic N) is 2. The molecule has 1 saturated heterocycles. The van der Waals surface area contributed by atoms with Crippen molar-refractivity contribution in [2.24, 2.45) is 0 Å². The van der Waals surface area contributed by atoms with E-state index in [0.29, 0.717) is 26.2 Å². The zero-order valence-corrected chi connectivity index (χ0v) is 7.89. The first-order chi connectivity index (χ1) is 6.52. The van der Waals surface area contributed by atoms with E-state index in [-0.39, 0.29) is 5.91 Å². The van der Waals surface area contributed by atoms with Crippen LogP contribution in [0.2, 0.25) is 0 Å². The van der Waals surface area contributed by atoms with Crippen molar-refractivity contribution < 1.29 is 19.5 Å². The largest absolute Gasteiger partial charge is 0.474 e. The maximum atomic E-state index is 11.0. The van der Waals surface area contributed by atoms with E-state index < -0.39 is 11.9 Å². The van der Waals surface area contributed by atoms with Crippen LogP contribution in [0.4, 0.5) is 0 Å². The molecule has 0 saturated carbocycles. The molecule has 78 valence electrons. The molecule has 1 heterocycles. The molecule has 0 unspecified atom stereocenters. The molecule has 0 aromatic heterocycles. The third-order valence-electron chi connectivity index (χ3n) is 2.20. The second kappa shape index (κ2) is 4.08. The minimum Gasteiger partial charge on any atom is -0.474 e. The van der Waals surface area contributed by atoms with Gasteiger partial charge in [-0.2, -0.15) is 0 Å². The van der Waals surface area contributed by atoms with Crippen molar-refractivity contribution in [3.05, 3.63) is 0 Å². The van der Waals surface area contributed by atoms with Gasteiger partial charge < -0.3 is 14.9 Å². The number of carboxylic acids is 1. The quantitative estimate of drug-likeness (QED) is 0.496. The summed E-state index contributed by atoms with van der Waals surface area (Å²) in [5.41, 5.74) is 0. The van der Waals surface area contributed by atoms with Gasteiger partial charge in [0.1, 0.15) is 0 Å². The molecule has 1 N–H and O–H groups in total. The average Bonchev–Trinajstić information content (AvgIpc) is 2.16. The number of amides is 2. The molecule has 0 atom stereocenters. The summed E-state index contributed by atoms with van der Waals surface area (Å²) in [6.07, 6.45) is 0. The highest BCUT2D eigenvalue weighted by atomic mass is 16.4. The Kier molecular flexibility index (Phi) is 3.06. The number of hydrogen-bond acceptors (Lipinski definition) is 3. The molecule has 0 aromatic carbocycles. The summed E-state index contributed by atoms with van der Waals surface area (Å²) >= 11 is 0. The third-order valence-corrected chi connectivity index (χ3v) is 2.20. The van der Waals surface area contributed by atoms with Crippen molar-refractivity contribution in [2.45, 2.75) is 6.92 Å². The van der Waals surface area contributed by atoms with E-state index >= 15 is 0 Å². The molecular weight excluding hydrogens is 188 g/mol. The molecule has 2 amide bonds. The van der Waals surface area contributed by atoms with E-state index in [9.17, 15) is 14.4 Å². The lowest BCUT2D eigenvalue weighted by molar-refractivity contribution is -0.157. The van der Waals surface area contributed by atoms with Gasteiger partial charge in [0.2, 0.25) is 5.91 Å². The lowest BCUT2D eigenvalue weighted by Crippen LogP contribution is -2.51. The summed E-state index contributed by atoms with van der Waals surface area (Å²) in [7, 11) is 0. The monoisotopic (exact) mass is 200 g/mol. The molecule has 1 rings (SSSR count). The van der Waals surface area contributed by atoms with Crippen molar-refractivity contribution in [3.63, 3.8) is 0 Å². The lowest BCUT2D eigenvalue weighted by Gasteiger charge is -2.33. The Morgan fingerprint density at radius 3 is 1.79 bits per heavy atom. The highest BCUT2D eigenvalue weighted by Gasteiger charge is 2.25. The van der Waals surface area contributed by atoms with Gasteiger partial charge in [-0.05, 0) is 0 Å². The van der Waals surface area contributed by atoms with E-state index in [0.717, 1.165) is 0 Å². The van der Waals surface area contributed by atoms with E-state index in [1.54, 1.807) is 4.90 Å². The van der Waals surface area contributed by atoms with Gasteiger partial charge in [-0.3, -0.25) is 9.59 Å². The topological polar surface area (TPSA) is 77.9 Å². The normalized spacial score (nSPS) is 16.6. The predicted octanol–water partition coefficient (Wildman–Crippen LogP) is -1.24. The summed E-state index contributed by atoms with van der Waals surface area (Å²) < 4.78 is 0. The fourth-order valence-electron chi connectivity index (χ4n) is 1.36. The zero-order chi connectivity index (χ0) is 10.7. The highest BCUT2D eigenvalue weighted by molar-refractivity contribution is 6.31. The Bertz CT molecular complexity index is 269. The molecule has 0 spiro atoms. The Balaban J connectivity index is 2.47. The number of carbonyl (C=O) groups excluding carboxylic acids is 2. The molecule has 6 nitrogen and oxygen atoms in total. The highest BCUT2D eigenvalue weighted by Crippen LogP contribution is 2.02. The minimum absolute atomic E-state index is 0.0487. The fraction of sp³-hybridized carbons (Fsp3) is 0.625. The standard InChI is InChI=1S/C8H12N2O4/c1-6(11)9-2-4-10(5-3-9)7(12)8(13)14/h2-5H2,1H3,(H,13,14). The fourth-order valence-corrected chi connectivity index (χ4v) is 1.36. The van der Waals surface area contributed by atoms with Crippen LogP contribution < -0.4 is 0 Å². The van der Waals surface area contributed by atoms with Crippen LogP contribution in [0, 0.1) is 0 Å². The van der Waals surface area contributed by atoms with Gasteiger partial charge in [-0.15, -0.1) is 0 Å². The number of carboxylic acid groups (broad SMARTS) is 1. The molecule has 6 heteroatoms. The van der Waals surface area contributed by atoms with Gasteiger partial charge in [-0.1, -0.05) is 0 Å². The number of aliphatic carboxylic acids is 1. The number of rotatable bonds is 0. The van der Waals surface area contributed by atoms with E-state index in [2.05, 4.69) is 0 Å². The smallest absolute Gasteiger partial charge is 0.394 e. The van der Waals surface area contributed by atoms with Crippen molar-refractivity contribution in [1.29, 1.82) is 0 Å². The van der Waals surface area contributed by atoms with Crippen LogP contribution in [0.15, 0.2) is 0 Å². The maximum absolute atomic E-state index is 11.0. The van der Waals surface area contributed by atoms with Crippen LogP contribution in [-0.2, 0) is 14.4 Å². The number of hydrogen-bond donors (Lipinski definition) is 1. The Hall–Kier alpha value is -1.59. The molecule has 0 aliphatic carbocycles. The molecule has 0 bridgehead atoms. The first-order valence-electron chi connectivity index (χ1n) is 4.30. The summed E-state index contributed by atoms with van der Waals surface area (Å²) in [6.45, 7) is 2.87. The molecule has 1 aliphatic rings. The van der Waals surface area contributed by atoms with Crippen LogP contribution >= 0.6 is 0 Å². The second-order valence-electron chi connectivity index (χ2n) is 3.10. The predicted molar refractivity (Wildman–Crippen MR) is 46.5 cm³/mol. The number of carbonyl (C=O) groups is 3. The third kappa shape index (κ3) is 2.21. The first-order valence-corrected chi connectivity index (χ1v) is 4.30. The van der Waals surface area contributed by atoms with Gasteiger partial charge in [0.25, 0.3) is 0 Å². The zero-order valence-electron chi connectivity index (χ0n) is 7.89. The van der Waals surface area contributed by atoms with Crippen LogP contribution in [0.3, 0.4) is 0 Å². The van der Waals surface area contributed by atoms with E-state index in [4.69, 9.17) is 5.11 Å². The lowest BCUT2D eigenvalue weighted by atomic mass is 10.3. The Labute approximate surface area is 81.1 Å². The van der Waals surface area contributed by atoms with Crippen molar-refractivity contribution in [3.8, 4) is 0 Å². The molecule has 0 aromatic rings. The summed E-state index contributed by atoms with van der Waals surface area (Å²) in [5.74, 6) is -2.39. The van der Waals surface area contributed by atoms with E-state index in [1.807, 2.05) is 0 Å². The minimum atomic E-state index is -1.44. The van der Waals surface area contributed by atoms with Crippen LogP contribution in [0.5, 0.6) is 0 Å². The van der Waals surface area contributed by atoms with Crippen LogP contribution in [0.25, 0.3) is 0 Å². The molecule has 0 radical (unpaired) electrons.